The fraction of sp³-hybridized carbons (Fsp3) is 0.235. The molecule has 23 heavy (non-hydrogen) atoms. The molecule has 2 N–H and O–H groups in total. The first-order chi connectivity index (χ1) is 11.0. The number of nitrogens with two attached hydrogens (primary N) is 1. The van der Waals surface area contributed by atoms with E-state index in [2.05, 4.69) is 9.97 Å². The van der Waals surface area contributed by atoms with Gasteiger partial charge in [0.15, 0.2) is 11.5 Å². The van der Waals surface area contributed by atoms with E-state index in [1.54, 1.807) is 18.5 Å². The average Bonchev–Trinajstić information content (AvgIpc) is 2.80. The van der Waals surface area contributed by atoms with Crippen molar-refractivity contribution in [3.05, 3.63) is 41.7 Å². The minimum atomic E-state index is -0.453. The Bertz CT molecular complexity index is 885. The third-order valence-corrected chi connectivity index (χ3v) is 3.75. The number of fused-ring (bicyclic) bond motifs is 1. The molecule has 0 aliphatic carbocycles. The highest BCUT2D eigenvalue weighted by Gasteiger charge is 2.23. The number of carbonyl (C=O) groups is 1. The van der Waals surface area contributed by atoms with Crippen molar-refractivity contribution in [1.29, 1.82) is 0 Å². The molecule has 2 aromatic heterocycles. The van der Waals surface area contributed by atoms with Crippen LogP contribution >= 0.6 is 0 Å². The van der Waals surface area contributed by atoms with Crippen LogP contribution in [0.15, 0.2) is 30.3 Å². The predicted octanol–water partition coefficient (Wildman–Crippen LogP) is 2.70. The summed E-state index contributed by atoms with van der Waals surface area (Å²) in [5.41, 5.74) is 9.10. The van der Waals surface area contributed by atoms with Gasteiger partial charge in [0.1, 0.15) is 5.65 Å². The number of aryl methyl sites for hydroxylation is 2. The molecule has 118 valence electrons. The maximum absolute atomic E-state index is 12.2. The lowest BCUT2D eigenvalue weighted by atomic mass is 10.2. The normalized spacial score (nSPS) is 10.9. The fourth-order valence-electron chi connectivity index (χ4n) is 2.68. The molecule has 0 radical (unpaired) electrons. The van der Waals surface area contributed by atoms with Gasteiger partial charge in [0.25, 0.3) is 0 Å². The number of anilines is 1. The van der Waals surface area contributed by atoms with Gasteiger partial charge in [-0.05, 0) is 13.8 Å². The summed E-state index contributed by atoms with van der Waals surface area (Å²) in [6.45, 7) is 3.91. The Kier molecular flexibility index (Phi) is 3.73. The van der Waals surface area contributed by atoms with Crippen molar-refractivity contribution in [2.45, 2.75) is 13.8 Å². The Balaban J connectivity index is 2.25. The van der Waals surface area contributed by atoms with Crippen molar-refractivity contribution < 1.29 is 9.53 Å². The molecule has 0 unspecified atom stereocenters. The third kappa shape index (κ3) is 2.42. The molecule has 1 aromatic carbocycles. The number of rotatable bonds is 3. The van der Waals surface area contributed by atoms with Crippen LogP contribution in [0.1, 0.15) is 23.1 Å². The number of esters is 1. The smallest absolute Gasteiger partial charge is 0.357 e. The van der Waals surface area contributed by atoms with E-state index in [0.29, 0.717) is 34.8 Å². The summed E-state index contributed by atoms with van der Waals surface area (Å²) >= 11 is 0. The zero-order valence-corrected chi connectivity index (χ0v) is 13.3. The Morgan fingerprint density at radius 2 is 1.96 bits per heavy atom. The number of nitrogens with zero attached hydrogens (tertiary/aromatic N) is 3. The van der Waals surface area contributed by atoms with Crippen molar-refractivity contribution in [3.8, 4) is 11.4 Å². The summed E-state index contributed by atoms with van der Waals surface area (Å²) < 4.78 is 6.76. The van der Waals surface area contributed by atoms with E-state index in [1.165, 1.54) is 0 Å². The predicted molar refractivity (Wildman–Crippen MR) is 89.1 cm³/mol. The van der Waals surface area contributed by atoms with Crippen LogP contribution < -0.4 is 5.73 Å². The standard InChI is InChI=1S/C17H18N4O2/c1-4-23-17(22)14-13(18)12-10(2)19-15(20-16(12)21(14)3)11-8-6-5-7-9-11/h5-9H,4,18H2,1-3H3. The van der Waals surface area contributed by atoms with Crippen LogP contribution in [0.25, 0.3) is 22.4 Å². The first kappa shape index (κ1) is 15.0. The van der Waals surface area contributed by atoms with Crippen LogP contribution in [0, 0.1) is 6.92 Å². The lowest BCUT2D eigenvalue weighted by Gasteiger charge is -2.05. The highest BCUT2D eigenvalue weighted by atomic mass is 16.5. The van der Waals surface area contributed by atoms with Gasteiger partial charge in [0.2, 0.25) is 0 Å². The maximum atomic E-state index is 12.2. The molecule has 2 heterocycles. The number of aromatic nitrogens is 3. The van der Waals surface area contributed by atoms with Crippen molar-refractivity contribution in [1.82, 2.24) is 14.5 Å². The lowest BCUT2D eigenvalue weighted by molar-refractivity contribution is 0.0517. The molecular weight excluding hydrogens is 292 g/mol. The number of nitrogen functional groups attached to an aromatic ring is 1. The first-order valence-corrected chi connectivity index (χ1v) is 7.39. The maximum Gasteiger partial charge on any atom is 0.357 e. The third-order valence-electron chi connectivity index (χ3n) is 3.75. The molecule has 0 saturated heterocycles. The van der Waals surface area contributed by atoms with E-state index in [0.717, 1.165) is 11.3 Å². The van der Waals surface area contributed by atoms with Crippen LogP contribution in [0.3, 0.4) is 0 Å². The number of hydrogen-bond donors (Lipinski definition) is 1. The summed E-state index contributed by atoms with van der Waals surface area (Å²) in [5, 5.41) is 0.690. The van der Waals surface area contributed by atoms with Crippen LogP contribution in [0.4, 0.5) is 5.69 Å². The van der Waals surface area contributed by atoms with Gasteiger partial charge in [-0.15, -0.1) is 0 Å². The molecule has 0 aliphatic heterocycles. The monoisotopic (exact) mass is 310 g/mol. The fourth-order valence-corrected chi connectivity index (χ4v) is 2.68. The zero-order chi connectivity index (χ0) is 16.6. The van der Waals surface area contributed by atoms with E-state index in [-0.39, 0.29) is 0 Å². The van der Waals surface area contributed by atoms with E-state index >= 15 is 0 Å². The molecule has 0 saturated carbocycles. The Labute approximate surface area is 133 Å². The van der Waals surface area contributed by atoms with E-state index in [1.807, 2.05) is 37.3 Å². The average molecular weight is 310 g/mol. The van der Waals surface area contributed by atoms with Crippen molar-refractivity contribution in [2.24, 2.45) is 7.05 Å². The van der Waals surface area contributed by atoms with Gasteiger partial charge in [-0.3, -0.25) is 0 Å². The van der Waals surface area contributed by atoms with Crippen LogP contribution in [-0.2, 0) is 11.8 Å². The van der Waals surface area contributed by atoms with E-state index < -0.39 is 5.97 Å². The minimum Gasteiger partial charge on any atom is -0.461 e. The molecule has 0 bridgehead atoms. The first-order valence-electron chi connectivity index (χ1n) is 7.39. The summed E-state index contributed by atoms with van der Waals surface area (Å²) in [6.07, 6.45) is 0. The quantitative estimate of drug-likeness (QED) is 0.752. The number of hydrogen-bond acceptors (Lipinski definition) is 5. The minimum absolute atomic E-state index is 0.291. The molecule has 0 atom stereocenters. The molecule has 6 nitrogen and oxygen atoms in total. The van der Waals surface area contributed by atoms with E-state index in [4.69, 9.17) is 10.5 Å². The SMILES string of the molecule is CCOC(=O)c1c(N)c2c(C)nc(-c3ccccc3)nc2n1C. The van der Waals surface area contributed by atoms with Crippen LogP contribution in [0.5, 0.6) is 0 Å². The molecular formula is C17H18N4O2. The van der Waals surface area contributed by atoms with Gasteiger partial charge in [-0.25, -0.2) is 14.8 Å². The second-order valence-corrected chi connectivity index (χ2v) is 5.24. The Hall–Kier alpha value is -2.89. The Morgan fingerprint density at radius 3 is 2.61 bits per heavy atom. The number of benzene rings is 1. The molecule has 0 aliphatic rings. The molecule has 3 rings (SSSR count). The van der Waals surface area contributed by atoms with Gasteiger partial charge in [0, 0.05) is 12.6 Å². The molecule has 0 amide bonds. The van der Waals surface area contributed by atoms with Gasteiger partial charge in [0.05, 0.1) is 23.4 Å². The van der Waals surface area contributed by atoms with Crippen molar-refractivity contribution in [2.75, 3.05) is 12.3 Å². The Morgan fingerprint density at radius 1 is 1.26 bits per heavy atom. The summed E-state index contributed by atoms with van der Waals surface area (Å²) in [7, 11) is 1.76. The van der Waals surface area contributed by atoms with Gasteiger partial charge in [-0.2, -0.15) is 0 Å². The van der Waals surface area contributed by atoms with Gasteiger partial charge < -0.3 is 15.0 Å². The number of carbonyl (C=O) groups excluding carboxylic acids is 1. The van der Waals surface area contributed by atoms with Crippen molar-refractivity contribution >= 4 is 22.7 Å². The lowest BCUT2D eigenvalue weighted by Crippen LogP contribution is -2.12. The van der Waals surface area contributed by atoms with Gasteiger partial charge in [-0.1, -0.05) is 30.3 Å². The highest BCUT2D eigenvalue weighted by molar-refractivity contribution is 6.06. The molecule has 6 heteroatoms. The van der Waals surface area contributed by atoms with Gasteiger partial charge >= 0.3 is 5.97 Å². The largest absolute Gasteiger partial charge is 0.461 e. The zero-order valence-electron chi connectivity index (χ0n) is 13.3. The summed E-state index contributed by atoms with van der Waals surface area (Å²) in [6, 6.07) is 9.69. The molecule has 0 fully saturated rings. The second-order valence-electron chi connectivity index (χ2n) is 5.24. The van der Waals surface area contributed by atoms with E-state index in [9.17, 15) is 4.79 Å². The highest BCUT2D eigenvalue weighted by Crippen LogP contribution is 2.30. The summed E-state index contributed by atoms with van der Waals surface area (Å²) in [5.74, 6) is 0.151. The second kappa shape index (κ2) is 5.72. The molecule has 0 spiro atoms. The number of ether oxygens (including phenoxy) is 1. The van der Waals surface area contributed by atoms with Crippen LogP contribution in [-0.4, -0.2) is 27.1 Å². The molecule has 3 aromatic rings. The topological polar surface area (TPSA) is 83.0 Å². The van der Waals surface area contributed by atoms with Crippen LogP contribution in [0.2, 0.25) is 0 Å². The summed E-state index contributed by atoms with van der Waals surface area (Å²) in [4.78, 5) is 21.3. The van der Waals surface area contributed by atoms with Crippen molar-refractivity contribution in [3.63, 3.8) is 0 Å².